The van der Waals surface area contributed by atoms with Crippen molar-refractivity contribution >= 4 is 41.7 Å². The van der Waals surface area contributed by atoms with E-state index in [0.717, 1.165) is 58.3 Å². The molecule has 1 rings (SSSR count). The van der Waals surface area contributed by atoms with Gasteiger partial charge in [0.25, 0.3) is 0 Å². The lowest BCUT2D eigenvalue weighted by molar-refractivity contribution is 0.0888. The molecule has 0 aromatic rings. The summed E-state index contributed by atoms with van der Waals surface area (Å²) in [5.74, 6) is 2.73. The Bertz CT molecular complexity index is 278. The molecule has 1 aliphatic rings. The first-order valence-electron chi connectivity index (χ1n) is 7.95. The van der Waals surface area contributed by atoms with Gasteiger partial charge in [-0.05, 0) is 37.7 Å². The highest BCUT2D eigenvalue weighted by Crippen LogP contribution is 2.12. The third kappa shape index (κ3) is 11.8. The molecule has 7 heteroatoms. The minimum atomic E-state index is 0. The number of guanidine groups is 1. The van der Waals surface area contributed by atoms with Crippen LogP contribution < -0.4 is 10.6 Å². The van der Waals surface area contributed by atoms with E-state index in [1.807, 2.05) is 18.8 Å². The number of nitrogens with one attached hydrogen (secondary N) is 2. The summed E-state index contributed by atoms with van der Waals surface area (Å²) in [7, 11) is 1.81. The van der Waals surface area contributed by atoms with Gasteiger partial charge in [0.2, 0.25) is 0 Å². The fourth-order valence-electron chi connectivity index (χ4n) is 2.14. The summed E-state index contributed by atoms with van der Waals surface area (Å²) >= 11 is 1.90. The molecule has 132 valence electrons. The van der Waals surface area contributed by atoms with Crippen LogP contribution in [-0.2, 0) is 9.47 Å². The van der Waals surface area contributed by atoms with Crippen LogP contribution in [-0.4, -0.2) is 64.5 Å². The number of thioether (sulfide) groups is 1. The highest BCUT2D eigenvalue weighted by atomic mass is 127. The number of rotatable bonds is 11. The van der Waals surface area contributed by atoms with Gasteiger partial charge < -0.3 is 20.1 Å². The van der Waals surface area contributed by atoms with Crippen LogP contribution in [0.3, 0.4) is 0 Å². The zero-order chi connectivity index (χ0) is 15.2. The molecule has 2 N–H and O–H groups in total. The van der Waals surface area contributed by atoms with Crippen molar-refractivity contribution in [3.63, 3.8) is 0 Å². The molecule has 1 unspecified atom stereocenters. The van der Waals surface area contributed by atoms with E-state index in [2.05, 4.69) is 21.9 Å². The smallest absolute Gasteiger partial charge is 0.190 e. The van der Waals surface area contributed by atoms with Crippen LogP contribution >= 0.6 is 35.7 Å². The lowest BCUT2D eigenvalue weighted by Crippen LogP contribution is -2.38. The monoisotopic (exact) mass is 445 g/mol. The van der Waals surface area contributed by atoms with Gasteiger partial charge in [-0.15, -0.1) is 24.0 Å². The molecule has 5 nitrogen and oxygen atoms in total. The van der Waals surface area contributed by atoms with Crippen molar-refractivity contribution in [2.75, 3.05) is 58.6 Å². The minimum absolute atomic E-state index is 0. The second-order valence-corrected chi connectivity index (χ2v) is 6.27. The van der Waals surface area contributed by atoms with Crippen LogP contribution in [0.1, 0.15) is 25.7 Å². The summed E-state index contributed by atoms with van der Waals surface area (Å²) < 4.78 is 11.0. The first-order chi connectivity index (χ1) is 10.4. The SMILES string of the molecule is CN=C(NCCCCSC)NCCCOCC1CCOC1.I. The minimum Gasteiger partial charge on any atom is -0.381 e. The predicted octanol–water partition coefficient (Wildman–Crippen LogP) is 2.36. The molecule has 0 aliphatic carbocycles. The topological polar surface area (TPSA) is 54.9 Å². The molecule has 0 spiro atoms. The van der Waals surface area contributed by atoms with Crippen molar-refractivity contribution in [1.29, 1.82) is 0 Å². The van der Waals surface area contributed by atoms with E-state index >= 15 is 0 Å². The molecule has 1 atom stereocenters. The number of nitrogens with zero attached hydrogens (tertiary/aromatic N) is 1. The highest BCUT2D eigenvalue weighted by Gasteiger charge is 2.15. The molecular formula is C15H32IN3O2S. The van der Waals surface area contributed by atoms with Gasteiger partial charge in [-0.3, -0.25) is 4.99 Å². The van der Waals surface area contributed by atoms with Gasteiger partial charge in [0, 0.05) is 39.3 Å². The maximum absolute atomic E-state index is 5.68. The standard InChI is InChI=1S/C15H31N3O2S.HI/c1-16-15(17-7-3-4-11-21-2)18-8-5-9-19-12-14-6-10-20-13-14;/h14H,3-13H2,1-2H3,(H2,16,17,18);1H. The quantitative estimate of drug-likeness (QED) is 0.221. The molecule has 1 saturated heterocycles. The zero-order valence-corrected chi connectivity index (χ0v) is 17.1. The van der Waals surface area contributed by atoms with Crippen LogP contribution in [0.15, 0.2) is 4.99 Å². The second-order valence-electron chi connectivity index (χ2n) is 5.28. The van der Waals surface area contributed by atoms with Gasteiger partial charge in [-0.2, -0.15) is 11.8 Å². The lowest BCUT2D eigenvalue weighted by atomic mass is 10.1. The Morgan fingerprint density at radius 3 is 2.68 bits per heavy atom. The average molecular weight is 445 g/mol. The molecule has 22 heavy (non-hydrogen) atoms. The Morgan fingerprint density at radius 2 is 2.05 bits per heavy atom. The van der Waals surface area contributed by atoms with Gasteiger partial charge >= 0.3 is 0 Å². The molecule has 0 aromatic carbocycles. The normalized spacial score (nSPS) is 18.1. The number of unbranched alkanes of at least 4 members (excludes halogenated alkanes) is 1. The van der Waals surface area contributed by atoms with Crippen molar-refractivity contribution in [3.8, 4) is 0 Å². The van der Waals surface area contributed by atoms with Gasteiger partial charge in [-0.25, -0.2) is 0 Å². The Kier molecular flexibility index (Phi) is 16.3. The van der Waals surface area contributed by atoms with Crippen LogP contribution in [0.5, 0.6) is 0 Å². The number of halogens is 1. The van der Waals surface area contributed by atoms with E-state index in [1.54, 1.807) is 0 Å². The summed E-state index contributed by atoms with van der Waals surface area (Å²) in [6, 6.07) is 0. The number of aliphatic imine (C=N–C) groups is 1. The van der Waals surface area contributed by atoms with Crippen molar-refractivity contribution in [2.45, 2.75) is 25.7 Å². The van der Waals surface area contributed by atoms with Gasteiger partial charge in [0.15, 0.2) is 5.96 Å². The van der Waals surface area contributed by atoms with E-state index in [0.29, 0.717) is 5.92 Å². The molecule has 0 bridgehead atoms. The van der Waals surface area contributed by atoms with Crippen LogP contribution in [0.25, 0.3) is 0 Å². The van der Waals surface area contributed by atoms with E-state index in [1.165, 1.54) is 18.6 Å². The van der Waals surface area contributed by atoms with E-state index in [4.69, 9.17) is 9.47 Å². The Balaban J connectivity index is 0.00000441. The Morgan fingerprint density at radius 1 is 1.27 bits per heavy atom. The average Bonchev–Trinajstić information content (AvgIpc) is 3.01. The molecule has 1 heterocycles. The number of hydrogen-bond acceptors (Lipinski definition) is 4. The van der Waals surface area contributed by atoms with E-state index in [-0.39, 0.29) is 24.0 Å². The number of ether oxygens (including phenoxy) is 2. The summed E-state index contributed by atoms with van der Waals surface area (Å²) in [5, 5.41) is 6.65. The third-order valence-electron chi connectivity index (χ3n) is 3.43. The van der Waals surface area contributed by atoms with Crippen LogP contribution in [0.4, 0.5) is 0 Å². The molecule has 1 fully saturated rings. The fourth-order valence-corrected chi connectivity index (χ4v) is 2.64. The molecule has 0 saturated carbocycles. The largest absolute Gasteiger partial charge is 0.381 e. The highest BCUT2D eigenvalue weighted by molar-refractivity contribution is 14.0. The van der Waals surface area contributed by atoms with Gasteiger partial charge in [-0.1, -0.05) is 0 Å². The predicted molar refractivity (Wildman–Crippen MR) is 107 cm³/mol. The summed E-state index contributed by atoms with van der Waals surface area (Å²) in [4.78, 5) is 4.22. The van der Waals surface area contributed by atoms with E-state index in [9.17, 15) is 0 Å². The molecule has 0 aromatic heterocycles. The van der Waals surface area contributed by atoms with Gasteiger partial charge in [0.05, 0.1) is 13.2 Å². The molecular weight excluding hydrogens is 413 g/mol. The summed E-state index contributed by atoms with van der Waals surface area (Å²) in [6.07, 6.45) is 6.74. The molecule has 0 radical (unpaired) electrons. The van der Waals surface area contributed by atoms with E-state index < -0.39 is 0 Å². The fraction of sp³-hybridized carbons (Fsp3) is 0.933. The van der Waals surface area contributed by atoms with Gasteiger partial charge in [0.1, 0.15) is 0 Å². The third-order valence-corrected chi connectivity index (χ3v) is 4.12. The van der Waals surface area contributed by atoms with Crippen molar-refractivity contribution in [1.82, 2.24) is 10.6 Å². The van der Waals surface area contributed by atoms with Crippen molar-refractivity contribution in [3.05, 3.63) is 0 Å². The summed E-state index contributed by atoms with van der Waals surface area (Å²) in [6.45, 7) is 5.28. The van der Waals surface area contributed by atoms with Crippen molar-refractivity contribution in [2.24, 2.45) is 10.9 Å². The van der Waals surface area contributed by atoms with Crippen LogP contribution in [0, 0.1) is 5.92 Å². The van der Waals surface area contributed by atoms with Crippen molar-refractivity contribution < 1.29 is 9.47 Å². The molecule has 0 amide bonds. The second kappa shape index (κ2) is 16.1. The first kappa shape index (κ1) is 22.3. The Labute approximate surface area is 156 Å². The maximum Gasteiger partial charge on any atom is 0.190 e. The maximum atomic E-state index is 5.68. The Hall–Kier alpha value is 0.270. The first-order valence-corrected chi connectivity index (χ1v) is 9.35. The van der Waals surface area contributed by atoms with Crippen LogP contribution in [0.2, 0.25) is 0 Å². The lowest BCUT2D eigenvalue weighted by Gasteiger charge is -2.12. The summed E-state index contributed by atoms with van der Waals surface area (Å²) in [5.41, 5.74) is 0. The zero-order valence-electron chi connectivity index (χ0n) is 13.9. The number of hydrogen-bond donors (Lipinski definition) is 2. The molecule has 1 aliphatic heterocycles.